The van der Waals surface area contributed by atoms with E-state index < -0.39 is 5.97 Å². The summed E-state index contributed by atoms with van der Waals surface area (Å²) in [5.41, 5.74) is 3.96. The van der Waals surface area contributed by atoms with Crippen LogP contribution in [0.5, 0.6) is 0 Å². The van der Waals surface area contributed by atoms with Gasteiger partial charge in [-0.05, 0) is 31.4 Å². The van der Waals surface area contributed by atoms with Gasteiger partial charge in [0, 0.05) is 30.5 Å². The van der Waals surface area contributed by atoms with Crippen LogP contribution in [-0.4, -0.2) is 43.7 Å². The Kier molecular flexibility index (Phi) is 4.24. The van der Waals surface area contributed by atoms with E-state index in [4.69, 9.17) is 11.6 Å². The van der Waals surface area contributed by atoms with Crippen LogP contribution in [0.4, 0.5) is 5.95 Å². The Morgan fingerprint density at radius 1 is 1.38 bits per heavy atom. The predicted octanol–water partition coefficient (Wildman–Crippen LogP) is 2.56. The zero-order chi connectivity index (χ0) is 18.3. The number of aliphatic carboxylic acids is 1. The Bertz CT molecular complexity index is 970. The van der Waals surface area contributed by atoms with Crippen molar-refractivity contribution in [1.82, 2.24) is 19.5 Å². The fraction of sp³-hybridized carbons (Fsp3) is 0.333. The van der Waals surface area contributed by atoms with Gasteiger partial charge in [0.2, 0.25) is 5.95 Å². The maximum atomic E-state index is 11.3. The first-order chi connectivity index (χ1) is 12.5. The number of carbonyl (C=O) groups is 1. The monoisotopic (exact) mass is 371 g/mol. The molecule has 0 amide bonds. The summed E-state index contributed by atoms with van der Waals surface area (Å²) < 4.78 is 1.88. The molecule has 0 bridgehead atoms. The Morgan fingerprint density at radius 3 is 2.88 bits per heavy atom. The first-order valence-corrected chi connectivity index (χ1v) is 8.79. The molecule has 0 aliphatic heterocycles. The molecular formula is C18H18ClN5O2. The van der Waals surface area contributed by atoms with Gasteiger partial charge in [0.05, 0.1) is 28.4 Å². The Balaban J connectivity index is 1.70. The van der Waals surface area contributed by atoms with Gasteiger partial charge in [-0.15, -0.1) is 0 Å². The summed E-state index contributed by atoms with van der Waals surface area (Å²) in [6.45, 7) is -0.0433. The second-order valence-electron chi connectivity index (χ2n) is 6.49. The maximum Gasteiger partial charge on any atom is 0.323 e. The lowest BCUT2D eigenvalue weighted by Crippen LogP contribution is -2.37. The minimum atomic E-state index is -0.845. The molecule has 3 aromatic heterocycles. The molecule has 0 aromatic carbocycles. The zero-order valence-electron chi connectivity index (χ0n) is 14.3. The molecule has 1 aliphatic rings. The summed E-state index contributed by atoms with van der Waals surface area (Å²) in [6, 6.07) is 4.00. The first-order valence-electron chi connectivity index (χ1n) is 8.41. The fourth-order valence-corrected chi connectivity index (χ4v) is 3.83. The van der Waals surface area contributed by atoms with Crippen LogP contribution >= 0.6 is 11.6 Å². The molecule has 3 aromatic rings. The lowest BCUT2D eigenvalue weighted by Gasteiger charge is -2.31. The van der Waals surface area contributed by atoms with E-state index in [-0.39, 0.29) is 12.6 Å². The summed E-state index contributed by atoms with van der Waals surface area (Å²) in [6.07, 6.45) is 7.40. The van der Waals surface area contributed by atoms with Gasteiger partial charge in [0.25, 0.3) is 0 Å². The van der Waals surface area contributed by atoms with Crippen molar-refractivity contribution in [3.8, 4) is 0 Å². The third kappa shape index (κ3) is 2.88. The zero-order valence-corrected chi connectivity index (χ0v) is 15.0. The van der Waals surface area contributed by atoms with Gasteiger partial charge in [-0.1, -0.05) is 11.6 Å². The van der Waals surface area contributed by atoms with Gasteiger partial charge in [0.15, 0.2) is 0 Å². The van der Waals surface area contributed by atoms with Crippen molar-refractivity contribution in [2.24, 2.45) is 0 Å². The highest BCUT2D eigenvalue weighted by molar-refractivity contribution is 6.30. The summed E-state index contributed by atoms with van der Waals surface area (Å²) >= 11 is 5.88. The minimum absolute atomic E-state index is 0.0433. The van der Waals surface area contributed by atoms with Gasteiger partial charge in [-0.3, -0.25) is 9.78 Å². The molecule has 8 heteroatoms. The smallest absolute Gasteiger partial charge is 0.323 e. The van der Waals surface area contributed by atoms with Crippen molar-refractivity contribution in [2.75, 3.05) is 11.9 Å². The van der Waals surface area contributed by atoms with Crippen LogP contribution in [0.25, 0.3) is 11.0 Å². The summed E-state index contributed by atoms with van der Waals surface area (Å²) in [4.78, 5) is 26.5. The highest BCUT2D eigenvalue weighted by Gasteiger charge is 2.29. The van der Waals surface area contributed by atoms with Crippen molar-refractivity contribution in [3.63, 3.8) is 0 Å². The molecule has 1 atom stereocenters. The predicted molar refractivity (Wildman–Crippen MR) is 98.6 cm³/mol. The van der Waals surface area contributed by atoms with E-state index in [1.165, 1.54) is 0 Å². The summed E-state index contributed by atoms with van der Waals surface area (Å²) in [7, 11) is 1.97. The van der Waals surface area contributed by atoms with Crippen molar-refractivity contribution in [1.29, 1.82) is 0 Å². The molecular weight excluding hydrogens is 354 g/mol. The van der Waals surface area contributed by atoms with Gasteiger partial charge in [0.1, 0.15) is 6.54 Å². The molecule has 1 N–H and O–H groups in total. The molecule has 134 valence electrons. The number of fused-ring (bicyclic) bond motifs is 3. The molecule has 4 rings (SSSR count). The average molecular weight is 372 g/mol. The fourth-order valence-electron chi connectivity index (χ4n) is 3.73. The Hall–Kier alpha value is -2.67. The van der Waals surface area contributed by atoms with Gasteiger partial charge in [-0.2, -0.15) is 0 Å². The molecule has 7 nitrogen and oxygen atoms in total. The number of hydrogen-bond donors (Lipinski definition) is 1. The molecule has 0 spiro atoms. The SMILES string of the molecule is CN(c1ncc(Cl)cn1)C1CCc2c(c3ncccc3n2CC(=O)O)C1. The molecule has 0 saturated carbocycles. The third-order valence-electron chi connectivity index (χ3n) is 4.95. The Labute approximate surface area is 155 Å². The van der Waals surface area contributed by atoms with Crippen LogP contribution in [0, 0.1) is 0 Å². The van der Waals surface area contributed by atoms with Gasteiger partial charge < -0.3 is 14.6 Å². The molecule has 0 saturated heterocycles. The number of hydrogen-bond acceptors (Lipinski definition) is 5. The molecule has 26 heavy (non-hydrogen) atoms. The topological polar surface area (TPSA) is 84.1 Å². The number of aromatic nitrogens is 4. The molecule has 1 unspecified atom stereocenters. The lowest BCUT2D eigenvalue weighted by atomic mass is 9.91. The third-order valence-corrected chi connectivity index (χ3v) is 5.15. The molecule has 0 fully saturated rings. The van der Waals surface area contributed by atoms with Crippen LogP contribution in [0.3, 0.4) is 0 Å². The maximum absolute atomic E-state index is 11.3. The summed E-state index contributed by atoms with van der Waals surface area (Å²) in [5.74, 6) is -0.215. The van der Waals surface area contributed by atoms with E-state index in [1.54, 1.807) is 18.6 Å². The quantitative estimate of drug-likeness (QED) is 0.758. The number of carboxylic acid groups (broad SMARTS) is 1. The van der Waals surface area contributed by atoms with E-state index in [1.807, 2.05) is 23.7 Å². The highest BCUT2D eigenvalue weighted by atomic mass is 35.5. The van der Waals surface area contributed by atoms with Crippen LogP contribution in [0.15, 0.2) is 30.7 Å². The van der Waals surface area contributed by atoms with E-state index >= 15 is 0 Å². The number of carboxylic acids is 1. The van der Waals surface area contributed by atoms with E-state index in [0.29, 0.717) is 11.0 Å². The number of rotatable bonds is 4. The van der Waals surface area contributed by atoms with E-state index in [0.717, 1.165) is 41.6 Å². The number of pyridine rings is 1. The molecule has 3 heterocycles. The van der Waals surface area contributed by atoms with Crippen molar-refractivity contribution >= 4 is 34.6 Å². The largest absolute Gasteiger partial charge is 0.480 e. The number of nitrogens with zero attached hydrogens (tertiary/aromatic N) is 5. The number of anilines is 1. The van der Waals surface area contributed by atoms with Crippen molar-refractivity contribution in [3.05, 3.63) is 47.0 Å². The van der Waals surface area contributed by atoms with E-state index in [9.17, 15) is 9.90 Å². The van der Waals surface area contributed by atoms with Gasteiger partial charge in [-0.25, -0.2) is 9.97 Å². The van der Waals surface area contributed by atoms with Gasteiger partial charge >= 0.3 is 5.97 Å². The van der Waals surface area contributed by atoms with Crippen LogP contribution < -0.4 is 4.90 Å². The average Bonchev–Trinajstić information content (AvgIpc) is 2.95. The van der Waals surface area contributed by atoms with E-state index in [2.05, 4.69) is 19.9 Å². The first kappa shape index (κ1) is 16.8. The molecule has 0 radical (unpaired) electrons. The molecule has 1 aliphatic carbocycles. The standard InChI is InChI=1S/C18H18ClN5O2/c1-23(18-21-8-11(19)9-22-18)12-4-5-14-13(7-12)17-15(3-2-6-20-17)24(14)10-16(25)26/h2-3,6,8-9,12H,4-5,7,10H2,1H3,(H,25,26). The van der Waals surface area contributed by atoms with Crippen LogP contribution in [0.1, 0.15) is 17.7 Å². The highest BCUT2D eigenvalue weighted by Crippen LogP contribution is 2.33. The lowest BCUT2D eigenvalue weighted by molar-refractivity contribution is -0.137. The van der Waals surface area contributed by atoms with Crippen LogP contribution in [-0.2, 0) is 24.2 Å². The Morgan fingerprint density at radius 2 is 2.15 bits per heavy atom. The summed E-state index contributed by atoms with van der Waals surface area (Å²) in [5, 5.41) is 9.79. The van der Waals surface area contributed by atoms with Crippen molar-refractivity contribution in [2.45, 2.75) is 31.8 Å². The number of halogens is 1. The van der Waals surface area contributed by atoms with Crippen molar-refractivity contribution < 1.29 is 9.90 Å². The number of likely N-dealkylation sites (N-methyl/N-ethyl adjacent to an activating group) is 1. The van der Waals surface area contributed by atoms with Crippen LogP contribution in [0.2, 0.25) is 5.02 Å². The second kappa shape index (κ2) is 6.57. The minimum Gasteiger partial charge on any atom is -0.480 e. The normalized spacial score (nSPS) is 16.5. The second-order valence-corrected chi connectivity index (χ2v) is 6.92.